The molecule has 19 heavy (non-hydrogen) atoms. The standard InChI is InChI=1S/C13H15NO5/c15-10-6-11(8-14(7-10)13(17)18)19-12(16)9-4-2-1-3-5-9/h1-5,10-11,15H,6-8H2,(H,17,18). The summed E-state index contributed by atoms with van der Waals surface area (Å²) in [6.45, 7) is 0.139. The Labute approximate surface area is 110 Å². The van der Waals surface area contributed by atoms with E-state index in [-0.39, 0.29) is 19.5 Å². The maximum absolute atomic E-state index is 11.8. The van der Waals surface area contributed by atoms with Crippen LogP contribution in [-0.2, 0) is 4.74 Å². The highest BCUT2D eigenvalue weighted by molar-refractivity contribution is 5.89. The number of aliphatic hydroxyl groups excluding tert-OH is 1. The van der Waals surface area contributed by atoms with Gasteiger partial charge in [-0.25, -0.2) is 9.59 Å². The molecule has 1 amide bonds. The van der Waals surface area contributed by atoms with Crippen LogP contribution >= 0.6 is 0 Å². The molecule has 1 aliphatic heterocycles. The average Bonchev–Trinajstić information content (AvgIpc) is 2.39. The van der Waals surface area contributed by atoms with Crippen LogP contribution in [0.4, 0.5) is 4.79 Å². The molecule has 1 heterocycles. The number of ether oxygens (including phenoxy) is 1. The minimum atomic E-state index is -1.13. The van der Waals surface area contributed by atoms with Gasteiger partial charge in [-0.15, -0.1) is 0 Å². The third-order valence-electron chi connectivity index (χ3n) is 2.94. The molecule has 1 aromatic carbocycles. The van der Waals surface area contributed by atoms with Crippen LogP contribution in [0.25, 0.3) is 0 Å². The van der Waals surface area contributed by atoms with Gasteiger partial charge in [-0.05, 0) is 12.1 Å². The number of rotatable bonds is 2. The van der Waals surface area contributed by atoms with Gasteiger partial charge in [0.1, 0.15) is 6.10 Å². The zero-order chi connectivity index (χ0) is 13.8. The molecule has 0 saturated carbocycles. The van der Waals surface area contributed by atoms with E-state index in [0.29, 0.717) is 5.56 Å². The molecule has 1 aliphatic rings. The number of hydrogen-bond donors (Lipinski definition) is 2. The van der Waals surface area contributed by atoms with Gasteiger partial charge in [0, 0.05) is 6.42 Å². The maximum Gasteiger partial charge on any atom is 0.407 e. The molecule has 2 atom stereocenters. The molecule has 0 spiro atoms. The second-order valence-corrected chi connectivity index (χ2v) is 4.47. The smallest absolute Gasteiger partial charge is 0.407 e. The Morgan fingerprint density at radius 2 is 1.89 bits per heavy atom. The van der Waals surface area contributed by atoms with E-state index in [1.54, 1.807) is 30.3 Å². The summed E-state index contributed by atoms with van der Waals surface area (Å²) in [5.74, 6) is -0.509. The molecule has 102 valence electrons. The molecule has 0 radical (unpaired) electrons. The Hall–Kier alpha value is -2.08. The summed E-state index contributed by atoms with van der Waals surface area (Å²) in [7, 11) is 0. The molecule has 6 heteroatoms. The number of amides is 1. The number of esters is 1. The van der Waals surface area contributed by atoms with E-state index in [0.717, 1.165) is 4.90 Å². The fraction of sp³-hybridized carbons (Fsp3) is 0.385. The summed E-state index contributed by atoms with van der Waals surface area (Å²) in [4.78, 5) is 23.8. The molecular weight excluding hydrogens is 250 g/mol. The Morgan fingerprint density at radius 3 is 2.53 bits per heavy atom. The molecular formula is C13H15NO5. The second-order valence-electron chi connectivity index (χ2n) is 4.47. The number of likely N-dealkylation sites (tertiary alicyclic amines) is 1. The highest BCUT2D eigenvalue weighted by atomic mass is 16.5. The van der Waals surface area contributed by atoms with Crippen molar-refractivity contribution in [3.8, 4) is 0 Å². The van der Waals surface area contributed by atoms with Crippen molar-refractivity contribution < 1.29 is 24.5 Å². The molecule has 1 aromatic rings. The summed E-state index contributed by atoms with van der Waals surface area (Å²) in [5, 5.41) is 18.5. The monoisotopic (exact) mass is 265 g/mol. The zero-order valence-corrected chi connectivity index (χ0v) is 10.2. The van der Waals surface area contributed by atoms with Gasteiger partial charge in [0.15, 0.2) is 0 Å². The minimum absolute atomic E-state index is 0.0503. The van der Waals surface area contributed by atoms with Crippen molar-refractivity contribution >= 4 is 12.1 Å². The number of carbonyl (C=O) groups is 2. The minimum Gasteiger partial charge on any atom is -0.465 e. The lowest BCUT2D eigenvalue weighted by Crippen LogP contribution is -2.49. The maximum atomic E-state index is 11.8. The van der Waals surface area contributed by atoms with Gasteiger partial charge in [0.2, 0.25) is 0 Å². The molecule has 0 bridgehead atoms. The van der Waals surface area contributed by atoms with Crippen molar-refractivity contribution in [3.63, 3.8) is 0 Å². The van der Waals surface area contributed by atoms with Crippen molar-refractivity contribution in [1.29, 1.82) is 0 Å². The molecule has 0 aliphatic carbocycles. The normalized spacial score (nSPS) is 22.9. The molecule has 2 unspecified atom stereocenters. The number of aliphatic hydroxyl groups is 1. The third kappa shape index (κ3) is 3.45. The molecule has 0 aromatic heterocycles. The van der Waals surface area contributed by atoms with Crippen molar-refractivity contribution in [1.82, 2.24) is 4.90 Å². The van der Waals surface area contributed by atoms with E-state index in [2.05, 4.69) is 0 Å². The van der Waals surface area contributed by atoms with Crippen molar-refractivity contribution in [2.45, 2.75) is 18.6 Å². The first kappa shape index (κ1) is 13.4. The molecule has 1 fully saturated rings. The van der Waals surface area contributed by atoms with Crippen LogP contribution < -0.4 is 0 Å². The molecule has 2 rings (SSSR count). The van der Waals surface area contributed by atoms with Crippen LogP contribution in [0, 0.1) is 0 Å². The number of piperidine rings is 1. The van der Waals surface area contributed by atoms with Gasteiger partial charge >= 0.3 is 12.1 Å². The van der Waals surface area contributed by atoms with E-state index < -0.39 is 24.3 Å². The van der Waals surface area contributed by atoms with Gasteiger partial charge in [0.25, 0.3) is 0 Å². The van der Waals surface area contributed by atoms with Crippen molar-refractivity contribution in [2.75, 3.05) is 13.1 Å². The lowest BCUT2D eigenvalue weighted by atomic mass is 10.1. The third-order valence-corrected chi connectivity index (χ3v) is 2.94. The molecule has 1 saturated heterocycles. The Kier molecular flexibility index (Phi) is 4.01. The SMILES string of the molecule is O=C(OC1CC(O)CN(C(=O)O)C1)c1ccccc1. The van der Waals surface area contributed by atoms with E-state index in [1.165, 1.54) is 0 Å². The fourth-order valence-corrected chi connectivity index (χ4v) is 2.06. The summed E-state index contributed by atoms with van der Waals surface area (Å²) >= 11 is 0. The van der Waals surface area contributed by atoms with Gasteiger partial charge in [-0.3, -0.25) is 0 Å². The summed E-state index contributed by atoms with van der Waals surface area (Å²) < 4.78 is 5.22. The van der Waals surface area contributed by atoms with Crippen LogP contribution in [0.1, 0.15) is 16.8 Å². The van der Waals surface area contributed by atoms with Gasteiger partial charge in [-0.2, -0.15) is 0 Å². The fourth-order valence-electron chi connectivity index (χ4n) is 2.06. The largest absolute Gasteiger partial charge is 0.465 e. The van der Waals surface area contributed by atoms with Crippen molar-refractivity contribution in [3.05, 3.63) is 35.9 Å². The predicted molar refractivity (Wildman–Crippen MR) is 65.9 cm³/mol. The number of carbonyl (C=O) groups excluding carboxylic acids is 1. The Bertz CT molecular complexity index is 461. The van der Waals surface area contributed by atoms with E-state index >= 15 is 0 Å². The first-order chi connectivity index (χ1) is 9.06. The van der Waals surface area contributed by atoms with Crippen LogP contribution in [0.2, 0.25) is 0 Å². The van der Waals surface area contributed by atoms with E-state index in [4.69, 9.17) is 9.84 Å². The number of benzene rings is 1. The van der Waals surface area contributed by atoms with Crippen LogP contribution in [0.15, 0.2) is 30.3 Å². The lowest BCUT2D eigenvalue weighted by Gasteiger charge is -2.33. The summed E-state index contributed by atoms with van der Waals surface area (Å²) in [6, 6.07) is 8.46. The molecule has 2 N–H and O–H groups in total. The average molecular weight is 265 g/mol. The zero-order valence-electron chi connectivity index (χ0n) is 10.2. The first-order valence-corrected chi connectivity index (χ1v) is 5.98. The Morgan fingerprint density at radius 1 is 1.21 bits per heavy atom. The lowest BCUT2D eigenvalue weighted by molar-refractivity contribution is -0.0253. The second kappa shape index (κ2) is 5.71. The van der Waals surface area contributed by atoms with E-state index in [1.807, 2.05) is 0 Å². The molecule has 6 nitrogen and oxygen atoms in total. The Balaban J connectivity index is 1.98. The number of hydrogen-bond acceptors (Lipinski definition) is 4. The highest BCUT2D eigenvalue weighted by Gasteiger charge is 2.31. The highest BCUT2D eigenvalue weighted by Crippen LogP contribution is 2.16. The van der Waals surface area contributed by atoms with Gasteiger partial charge in [-0.1, -0.05) is 18.2 Å². The number of nitrogens with zero attached hydrogens (tertiary/aromatic N) is 1. The predicted octanol–water partition coefficient (Wildman–Crippen LogP) is 0.957. The van der Waals surface area contributed by atoms with Gasteiger partial charge < -0.3 is 19.8 Å². The summed E-state index contributed by atoms with van der Waals surface area (Å²) in [5.41, 5.74) is 0.407. The number of carboxylic acid groups (broad SMARTS) is 1. The van der Waals surface area contributed by atoms with Crippen molar-refractivity contribution in [2.24, 2.45) is 0 Å². The van der Waals surface area contributed by atoms with Crippen LogP contribution in [0.3, 0.4) is 0 Å². The topological polar surface area (TPSA) is 87.1 Å². The van der Waals surface area contributed by atoms with Gasteiger partial charge in [0.05, 0.1) is 24.8 Å². The summed E-state index contributed by atoms with van der Waals surface area (Å²) in [6.07, 6.45) is -2.30. The number of β-amino-alcohol motifs (C(OH)–C–C–N with tert-alkyl or cyclic N) is 1. The van der Waals surface area contributed by atoms with Crippen LogP contribution in [-0.4, -0.2) is 52.5 Å². The van der Waals surface area contributed by atoms with Crippen LogP contribution in [0.5, 0.6) is 0 Å². The first-order valence-electron chi connectivity index (χ1n) is 5.98. The van der Waals surface area contributed by atoms with E-state index in [9.17, 15) is 14.7 Å². The quantitative estimate of drug-likeness (QED) is 0.778.